The van der Waals surface area contributed by atoms with Crippen LogP contribution in [0.1, 0.15) is 32.3 Å². The van der Waals surface area contributed by atoms with Crippen molar-refractivity contribution in [1.82, 2.24) is 0 Å². The predicted octanol–water partition coefficient (Wildman–Crippen LogP) is 4.11. The molecule has 0 radical (unpaired) electrons. The van der Waals surface area contributed by atoms with Gasteiger partial charge in [0.1, 0.15) is 0 Å². The molecule has 2 heteroatoms. The van der Waals surface area contributed by atoms with Crippen LogP contribution >= 0.6 is 15.9 Å². The van der Waals surface area contributed by atoms with Crippen molar-refractivity contribution in [2.45, 2.75) is 32.3 Å². The minimum Gasteiger partial charge on any atom is -0.374 e. The van der Waals surface area contributed by atoms with Crippen LogP contribution in [0.3, 0.4) is 0 Å². The van der Waals surface area contributed by atoms with Gasteiger partial charge >= 0.3 is 0 Å². The third kappa shape index (κ3) is 2.18. The van der Waals surface area contributed by atoms with E-state index in [2.05, 4.69) is 54.0 Å². The second kappa shape index (κ2) is 4.94. The van der Waals surface area contributed by atoms with Crippen molar-refractivity contribution in [3.05, 3.63) is 34.3 Å². The standard InChI is InChI=1S/C12H17BrO/c1-4-12(5-2,14-3)10-6-8-11(13)9-7-10/h6-9H,4-5H2,1-3H3. The van der Waals surface area contributed by atoms with E-state index in [1.807, 2.05) is 0 Å². The Morgan fingerprint density at radius 1 is 1.14 bits per heavy atom. The Morgan fingerprint density at radius 3 is 2.00 bits per heavy atom. The maximum atomic E-state index is 5.65. The van der Waals surface area contributed by atoms with Gasteiger partial charge in [-0.15, -0.1) is 0 Å². The fourth-order valence-corrected chi connectivity index (χ4v) is 2.08. The maximum Gasteiger partial charge on any atom is 0.0922 e. The molecule has 0 aliphatic rings. The highest BCUT2D eigenvalue weighted by Crippen LogP contribution is 2.32. The summed E-state index contributed by atoms with van der Waals surface area (Å²) in [5, 5.41) is 0. The van der Waals surface area contributed by atoms with Gasteiger partial charge in [-0.25, -0.2) is 0 Å². The first-order valence-electron chi connectivity index (χ1n) is 4.99. The summed E-state index contributed by atoms with van der Waals surface area (Å²) in [7, 11) is 1.79. The molecule has 1 aromatic rings. The van der Waals surface area contributed by atoms with Gasteiger partial charge in [0.15, 0.2) is 0 Å². The molecule has 0 unspecified atom stereocenters. The van der Waals surface area contributed by atoms with Crippen molar-refractivity contribution in [3.8, 4) is 0 Å². The summed E-state index contributed by atoms with van der Waals surface area (Å²) in [5.74, 6) is 0. The van der Waals surface area contributed by atoms with E-state index in [-0.39, 0.29) is 5.60 Å². The molecule has 0 aromatic heterocycles. The van der Waals surface area contributed by atoms with Crippen molar-refractivity contribution >= 4 is 15.9 Å². The Hall–Kier alpha value is -0.340. The van der Waals surface area contributed by atoms with Crippen molar-refractivity contribution in [1.29, 1.82) is 0 Å². The van der Waals surface area contributed by atoms with Crippen LogP contribution in [0.4, 0.5) is 0 Å². The summed E-state index contributed by atoms with van der Waals surface area (Å²) < 4.78 is 6.76. The first-order chi connectivity index (χ1) is 6.68. The van der Waals surface area contributed by atoms with Gasteiger partial charge in [0.2, 0.25) is 0 Å². The Bertz CT molecular complexity index is 267. The second-order valence-electron chi connectivity index (χ2n) is 3.41. The third-order valence-corrected chi connectivity index (χ3v) is 3.43. The highest BCUT2D eigenvalue weighted by atomic mass is 79.9. The number of benzene rings is 1. The van der Waals surface area contributed by atoms with Gasteiger partial charge in [-0.05, 0) is 30.5 Å². The molecule has 0 aliphatic heterocycles. The number of halogens is 1. The zero-order valence-corrected chi connectivity index (χ0v) is 10.6. The maximum absolute atomic E-state index is 5.65. The smallest absolute Gasteiger partial charge is 0.0922 e. The normalized spacial score (nSPS) is 11.7. The lowest BCUT2D eigenvalue weighted by atomic mass is 9.88. The van der Waals surface area contributed by atoms with Crippen molar-refractivity contribution in [2.75, 3.05) is 7.11 Å². The minimum absolute atomic E-state index is 0.110. The lowest BCUT2D eigenvalue weighted by Crippen LogP contribution is -2.26. The van der Waals surface area contributed by atoms with Crippen molar-refractivity contribution in [2.24, 2.45) is 0 Å². The Balaban J connectivity index is 3.05. The number of hydrogen-bond donors (Lipinski definition) is 0. The summed E-state index contributed by atoms with van der Waals surface area (Å²) in [6.45, 7) is 4.32. The lowest BCUT2D eigenvalue weighted by Gasteiger charge is -2.30. The topological polar surface area (TPSA) is 9.23 Å². The first kappa shape index (κ1) is 11.7. The Kier molecular flexibility index (Phi) is 4.14. The first-order valence-corrected chi connectivity index (χ1v) is 5.79. The van der Waals surface area contributed by atoms with Gasteiger partial charge in [0, 0.05) is 11.6 Å². The zero-order valence-electron chi connectivity index (χ0n) is 9.01. The zero-order chi connectivity index (χ0) is 10.6. The molecule has 14 heavy (non-hydrogen) atoms. The van der Waals surface area contributed by atoms with Crippen LogP contribution in [0.25, 0.3) is 0 Å². The van der Waals surface area contributed by atoms with Crippen LogP contribution in [-0.2, 0) is 10.3 Å². The van der Waals surface area contributed by atoms with Crippen LogP contribution in [0.5, 0.6) is 0 Å². The van der Waals surface area contributed by atoms with E-state index in [4.69, 9.17) is 4.74 Å². The Labute approximate surface area is 94.6 Å². The molecule has 0 saturated heterocycles. The van der Waals surface area contributed by atoms with E-state index >= 15 is 0 Å². The molecule has 1 nitrogen and oxygen atoms in total. The number of ether oxygens (including phenoxy) is 1. The van der Waals surface area contributed by atoms with Gasteiger partial charge in [-0.1, -0.05) is 41.9 Å². The molecular formula is C12H17BrO. The van der Waals surface area contributed by atoms with Gasteiger partial charge in [-0.3, -0.25) is 0 Å². The number of methoxy groups -OCH3 is 1. The van der Waals surface area contributed by atoms with E-state index in [1.165, 1.54) is 5.56 Å². The van der Waals surface area contributed by atoms with E-state index in [0.717, 1.165) is 17.3 Å². The summed E-state index contributed by atoms with van der Waals surface area (Å²) in [6, 6.07) is 8.38. The molecule has 0 heterocycles. The molecule has 0 aliphatic carbocycles. The summed E-state index contributed by atoms with van der Waals surface area (Å²) in [5.41, 5.74) is 1.15. The number of hydrogen-bond acceptors (Lipinski definition) is 1. The molecule has 0 spiro atoms. The van der Waals surface area contributed by atoms with Gasteiger partial charge in [0.25, 0.3) is 0 Å². The average Bonchev–Trinajstić information content (AvgIpc) is 2.24. The lowest BCUT2D eigenvalue weighted by molar-refractivity contribution is -0.0217. The van der Waals surface area contributed by atoms with Crippen LogP contribution in [0, 0.1) is 0 Å². The fraction of sp³-hybridized carbons (Fsp3) is 0.500. The van der Waals surface area contributed by atoms with Crippen LogP contribution in [0.15, 0.2) is 28.7 Å². The SMILES string of the molecule is CCC(CC)(OC)c1ccc(Br)cc1. The van der Waals surface area contributed by atoms with Gasteiger partial charge in [0.05, 0.1) is 5.60 Å². The summed E-state index contributed by atoms with van der Waals surface area (Å²) in [4.78, 5) is 0. The number of rotatable bonds is 4. The van der Waals surface area contributed by atoms with E-state index in [1.54, 1.807) is 7.11 Å². The molecule has 1 aromatic carbocycles. The van der Waals surface area contributed by atoms with E-state index in [9.17, 15) is 0 Å². The fourth-order valence-electron chi connectivity index (χ4n) is 1.82. The monoisotopic (exact) mass is 256 g/mol. The van der Waals surface area contributed by atoms with Crippen molar-refractivity contribution in [3.63, 3.8) is 0 Å². The largest absolute Gasteiger partial charge is 0.374 e. The molecule has 0 saturated carbocycles. The molecule has 0 bridgehead atoms. The van der Waals surface area contributed by atoms with Gasteiger partial charge < -0.3 is 4.74 Å². The highest BCUT2D eigenvalue weighted by Gasteiger charge is 2.27. The minimum atomic E-state index is -0.110. The summed E-state index contributed by atoms with van der Waals surface area (Å²) >= 11 is 3.44. The average molecular weight is 257 g/mol. The van der Waals surface area contributed by atoms with Crippen LogP contribution in [-0.4, -0.2) is 7.11 Å². The predicted molar refractivity (Wildman–Crippen MR) is 63.4 cm³/mol. The highest BCUT2D eigenvalue weighted by molar-refractivity contribution is 9.10. The van der Waals surface area contributed by atoms with Crippen molar-refractivity contribution < 1.29 is 4.74 Å². The molecule has 0 N–H and O–H groups in total. The summed E-state index contributed by atoms with van der Waals surface area (Å²) in [6.07, 6.45) is 2.00. The van der Waals surface area contributed by atoms with Crippen LogP contribution in [0.2, 0.25) is 0 Å². The van der Waals surface area contributed by atoms with E-state index < -0.39 is 0 Å². The van der Waals surface area contributed by atoms with Gasteiger partial charge in [-0.2, -0.15) is 0 Å². The molecule has 0 amide bonds. The molecule has 0 atom stereocenters. The van der Waals surface area contributed by atoms with Crippen LogP contribution < -0.4 is 0 Å². The second-order valence-corrected chi connectivity index (χ2v) is 4.33. The Morgan fingerprint density at radius 2 is 1.64 bits per heavy atom. The molecule has 78 valence electrons. The molecular weight excluding hydrogens is 240 g/mol. The molecule has 0 fully saturated rings. The third-order valence-electron chi connectivity index (χ3n) is 2.90. The van der Waals surface area contributed by atoms with E-state index in [0.29, 0.717) is 0 Å². The quantitative estimate of drug-likeness (QED) is 0.788. The molecule has 1 rings (SSSR count).